The van der Waals surface area contributed by atoms with E-state index in [2.05, 4.69) is 12.0 Å². The first-order valence-corrected chi connectivity index (χ1v) is 4.95. The Morgan fingerprint density at radius 2 is 2.38 bits per heavy atom. The van der Waals surface area contributed by atoms with Gasteiger partial charge in [0.25, 0.3) is 0 Å². The first-order valence-electron chi connectivity index (χ1n) is 4.95. The van der Waals surface area contributed by atoms with Crippen LogP contribution in [0.15, 0.2) is 6.20 Å². The smallest absolute Gasteiger partial charge is 0.0733 e. The highest BCUT2D eigenvalue weighted by molar-refractivity contribution is 5.41. The fourth-order valence-electron chi connectivity index (χ4n) is 1.87. The van der Waals surface area contributed by atoms with Crippen molar-refractivity contribution in [1.82, 2.24) is 9.78 Å². The van der Waals surface area contributed by atoms with Crippen LogP contribution in [-0.2, 0) is 13.5 Å². The Balaban J connectivity index is 2.07. The molecule has 0 aromatic carbocycles. The summed E-state index contributed by atoms with van der Waals surface area (Å²) in [7, 11) is 1.96. The van der Waals surface area contributed by atoms with Gasteiger partial charge in [0.2, 0.25) is 0 Å². The number of aromatic nitrogens is 2. The van der Waals surface area contributed by atoms with E-state index in [-0.39, 0.29) is 0 Å². The number of anilines is 1. The van der Waals surface area contributed by atoms with Gasteiger partial charge in [0, 0.05) is 7.05 Å². The van der Waals surface area contributed by atoms with Crippen LogP contribution in [0, 0.1) is 11.8 Å². The Kier molecular flexibility index (Phi) is 2.02. The molecule has 0 radical (unpaired) electrons. The molecule has 0 bridgehead atoms. The van der Waals surface area contributed by atoms with Crippen LogP contribution in [-0.4, -0.2) is 9.78 Å². The second-order valence-corrected chi connectivity index (χ2v) is 4.19. The molecule has 0 amide bonds. The molecular weight excluding hydrogens is 162 g/mol. The van der Waals surface area contributed by atoms with Gasteiger partial charge in [-0.1, -0.05) is 6.92 Å². The van der Waals surface area contributed by atoms with Crippen molar-refractivity contribution in [3.8, 4) is 0 Å². The molecule has 0 saturated heterocycles. The highest BCUT2D eigenvalue weighted by Gasteiger charge is 2.28. The molecule has 1 aliphatic rings. The largest absolute Gasteiger partial charge is 0.396 e. The Hall–Kier alpha value is -0.990. The van der Waals surface area contributed by atoms with E-state index in [0.717, 1.165) is 23.9 Å². The summed E-state index contributed by atoms with van der Waals surface area (Å²) in [5.74, 6) is 1.70. The van der Waals surface area contributed by atoms with E-state index in [0.29, 0.717) is 0 Å². The van der Waals surface area contributed by atoms with E-state index >= 15 is 0 Å². The molecule has 1 unspecified atom stereocenters. The number of nitrogens with zero attached hydrogens (tertiary/aromatic N) is 2. The van der Waals surface area contributed by atoms with E-state index in [9.17, 15) is 0 Å². The van der Waals surface area contributed by atoms with Crippen LogP contribution in [0.25, 0.3) is 0 Å². The lowest BCUT2D eigenvalue weighted by Crippen LogP contribution is -2.08. The summed E-state index contributed by atoms with van der Waals surface area (Å²) in [5.41, 5.74) is 7.86. The normalized spacial score (nSPS) is 18.9. The minimum absolute atomic E-state index is 0.762. The molecule has 0 aliphatic heterocycles. The van der Waals surface area contributed by atoms with Crippen molar-refractivity contribution >= 4 is 5.69 Å². The predicted octanol–water partition coefficient (Wildman–Crippen LogP) is 1.59. The molecule has 2 rings (SSSR count). The third-order valence-corrected chi connectivity index (χ3v) is 3.04. The van der Waals surface area contributed by atoms with Gasteiger partial charge >= 0.3 is 0 Å². The van der Waals surface area contributed by atoms with Crippen molar-refractivity contribution < 1.29 is 0 Å². The third kappa shape index (κ3) is 1.69. The highest BCUT2D eigenvalue weighted by Crippen LogP contribution is 2.38. The van der Waals surface area contributed by atoms with Gasteiger partial charge < -0.3 is 5.73 Å². The molecule has 13 heavy (non-hydrogen) atoms. The van der Waals surface area contributed by atoms with Gasteiger partial charge in [0.15, 0.2) is 0 Å². The maximum Gasteiger partial charge on any atom is 0.0733 e. The molecule has 72 valence electrons. The summed E-state index contributed by atoms with van der Waals surface area (Å²) in [4.78, 5) is 0. The standard InChI is InChI=1S/C10H17N3/c1-7(8-3-4-8)5-10-9(11)6-12-13(10)2/h6-8H,3-5,11H2,1-2H3. The number of aryl methyl sites for hydroxylation is 1. The number of hydrogen-bond donors (Lipinski definition) is 1. The van der Waals surface area contributed by atoms with E-state index in [1.165, 1.54) is 18.5 Å². The number of nitrogen functional groups attached to an aromatic ring is 1. The zero-order chi connectivity index (χ0) is 9.42. The van der Waals surface area contributed by atoms with Gasteiger partial charge in [-0.15, -0.1) is 0 Å². The van der Waals surface area contributed by atoms with Crippen LogP contribution >= 0.6 is 0 Å². The number of rotatable bonds is 3. The zero-order valence-electron chi connectivity index (χ0n) is 8.33. The van der Waals surface area contributed by atoms with Crippen molar-refractivity contribution in [2.24, 2.45) is 18.9 Å². The molecule has 0 spiro atoms. The maximum atomic E-state index is 5.83. The molecule has 3 nitrogen and oxygen atoms in total. The van der Waals surface area contributed by atoms with E-state index in [1.807, 2.05) is 11.7 Å². The van der Waals surface area contributed by atoms with Crippen LogP contribution in [0.1, 0.15) is 25.5 Å². The number of nitrogens with two attached hydrogens (primary N) is 1. The molecule has 1 atom stereocenters. The molecular formula is C10H17N3. The molecule has 1 saturated carbocycles. The molecule has 1 aliphatic carbocycles. The van der Waals surface area contributed by atoms with E-state index < -0.39 is 0 Å². The first kappa shape index (κ1) is 8.60. The van der Waals surface area contributed by atoms with E-state index in [4.69, 9.17) is 5.73 Å². The van der Waals surface area contributed by atoms with Crippen LogP contribution in [0.4, 0.5) is 5.69 Å². The summed E-state index contributed by atoms with van der Waals surface area (Å²) in [6, 6.07) is 0. The minimum atomic E-state index is 0.762. The van der Waals surface area contributed by atoms with Gasteiger partial charge in [0.05, 0.1) is 17.6 Å². The summed E-state index contributed by atoms with van der Waals surface area (Å²) in [5, 5.41) is 4.14. The monoisotopic (exact) mass is 179 g/mol. The van der Waals surface area contributed by atoms with Gasteiger partial charge in [-0.2, -0.15) is 5.10 Å². The van der Waals surface area contributed by atoms with Crippen molar-refractivity contribution in [2.75, 3.05) is 5.73 Å². The average molecular weight is 179 g/mol. The zero-order valence-corrected chi connectivity index (χ0v) is 8.33. The summed E-state index contributed by atoms with van der Waals surface area (Å²) in [6.07, 6.45) is 5.62. The van der Waals surface area contributed by atoms with Crippen molar-refractivity contribution in [3.05, 3.63) is 11.9 Å². The summed E-state index contributed by atoms with van der Waals surface area (Å²) < 4.78 is 1.90. The van der Waals surface area contributed by atoms with Gasteiger partial charge in [0.1, 0.15) is 0 Å². The van der Waals surface area contributed by atoms with Crippen molar-refractivity contribution in [3.63, 3.8) is 0 Å². The first-order chi connectivity index (χ1) is 6.18. The third-order valence-electron chi connectivity index (χ3n) is 3.04. The van der Waals surface area contributed by atoms with Gasteiger partial charge in [-0.05, 0) is 31.1 Å². The SMILES string of the molecule is CC(Cc1c(N)cnn1C)C1CC1. The second kappa shape index (κ2) is 3.05. The second-order valence-electron chi connectivity index (χ2n) is 4.19. The van der Waals surface area contributed by atoms with Gasteiger partial charge in [-0.3, -0.25) is 4.68 Å². The fourth-order valence-corrected chi connectivity index (χ4v) is 1.87. The lowest BCUT2D eigenvalue weighted by Gasteiger charge is -2.10. The molecule has 1 aromatic rings. The predicted molar refractivity (Wildman–Crippen MR) is 53.2 cm³/mol. The Bertz CT molecular complexity index is 280. The van der Waals surface area contributed by atoms with Crippen LogP contribution in [0.2, 0.25) is 0 Å². The lowest BCUT2D eigenvalue weighted by molar-refractivity contribution is 0.488. The average Bonchev–Trinajstić information content (AvgIpc) is 2.88. The molecule has 1 aromatic heterocycles. The summed E-state index contributed by atoms with van der Waals surface area (Å²) in [6.45, 7) is 2.31. The highest BCUT2D eigenvalue weighted by atomic mass is 15.3. The minimum Gasteiger partial charge on any atom is -0.396 e. The Labute approximate surface area is 78.9 Å². The van der Waals surface area contributed by atoms with Crippen LogP contribution in [0.5, 0.6) is 0 Å². The molecule has 1 heterocycles. The Morgan fingerprint density at radius 1 is 1.69 bits per heavy atom. The topological polar surface area (TPSA) is 43.8 Å². The Morgan fingerprint density at radius 3 is 2.85 bits per heavy atom. The fraction of sp³-hybridized carbons (Fsp3) is 0.700. The van der Waals surface area contributed by atoms with Crippen molar-refractivity contribution in [2.45, 2.75) is 26.2 Å². The maximum absolute atomic E-state index is 5.83. The number of hydrogen-bond acceptors (Lipinski definition) is 2. The summed E-state index contributed by atoms with van der Waals surface area (Å²) >= 11 is 0. The van der Waals surface area contributed by atoms with Crippen LogP contribution < -0.4 is 5.73 Å². The molecule has 2 N–H and O–H groups in total. The van der Waals surface area contributed by atoms with Gasteiger partial charge in [-0.25, -0.2) is 0 Å². The molecule has 1 fully saturated rings. The van der Waals surface area contributed by atoms with E-state index in [1.54, 1.807) is 6.20 Å². The quantitative estimate of drug-likeness (QED) is 0.765. The molecule has 3 heteroatoms. The van der Waals surface area contributed by atoms with Crippen LogP contribution in [0.3, 0.4) is 0 Å². The lowest BCUT2D eigenvalue weighted by atomic mass is 10.00. The van der Waals surface area contributed by atoms with Crippen molar-refractivity contribution in [1.29, 1.82) is 0 Å².